The molecule has 0 unspecified atom stereocenters. The lowest BCUT2D eigenvalue weighted by atomic mass is 10.1. The molecule has 2 aliphatic heterocycles. The fraction of sp³-hybridized carbons (Fsp3) is 0.200. The number of rotatable bonds is 0. The second-order valence-electron chi connectivity index (χ2n) is 3.39. The molecule has 0 spiro atoms. The maximum atomic E-state index is 11.3. The molecule has 1 aromatic rings. The van der Waals surface area contributed by atoms with Crippen molar-refractivity contribution in [2.45, 2.75) is 6.42 Å². The highest BCUT2D eigenvalue weighted by Gasteiger charge is 2.30. The SMILES string of the molecule is O=C1Nc2cc3c(cc2C1=O)OCC3. The van der Waals surface area contributed by atoms with Crippen LogP contribution in [0.4, 0.5) is 5.69 Å². The zero-order valence-electron chi connectivity index (χ0n) is 7.29. The van der Waals surface area contributed by atoms with Crippen molar-refractivity contribution in [3.05, 3.63) is 23.3 Å². The normalized spacial score (nSPS) is 17.4. The van der Waals surface area contributed by atoms with Crippen LogP contribution in [0.15, 0.2) is 12.1 Å². The Hall–Kier alpha value is -1.84. The van der Waals surface area contributed by atoms with Crippen molar-refractivity contribution in [1.82, 2.24) is 0 Å². The number of hydrogen-bond acceptors (Lipinski definition) is 3. The number of fused-ring (bicyclic) bond motifs is 2. The second-order valence-corrected chi connectivity index (χ2v) is 3.39. The molecule has 2 aliphatic rings. The van der Waals surface area contributed by atoms with Crippen molar-refractivity contribution >= 4 is 17.4 Å². The predicted molar refractivity (Wildman–Crippen MR) is 48.6 cm³/mol. The Bertz CT molecular complexity index is 465. The molecule has 70 valence electrons. The minimum atomic E-state index is -0.552. The monoisotopic (exact) mass is 189 g/mol. The highest BCUT2D eigenvalue weighted by Crippen LogP contribution is 2.34. The lowest BCUT2D eigenvalue weighted by Crippen LogP contribution is -2.12. The van der Waals surface area contributed by atoms with E-state index in [1.165, 1.54) is 0 Å². The fourth-order valence-electron chi connectivity index (χ4n) is 1.82. The number of anilines is 1. The Morgan fingerprint density at radius 1 is 1.29 bits per heavy atom. The minimum absolute atomic E-state index is 0.427. The molecule has 14 heavy (non-hydrogen) atoms. The number of hydrogen-bond donors (Lipinski definition) is 1. The number of ether oxygens (including phenoxy) is 1. The van der Waals surface area contributed by atoms with Crippen molar-refractivity contribution in [3.63, 3.8) is 0 Å². The van der Waals surface area contributed by atoms with E-state index >= 15 is 0 Å². The lowest BCUT2D eigenvalue weighted by Gasteiger charge is -2.01. The molecule has 0 fully saturated rings. The number of benzene rings is 1. The van der Waals surface area contributed by atoms with Gasteiger partial charge in [0.15, 0.2) is 0 Å². The summed E-state index contributed by atoms with van der Waals surface area (Å²) in [4.78, 5) is 22.4. The Balaban J connectivity index is 2.22. The summed E-state index contributed by atoms with van der Waals surface area (Å²) in [6.45, 7) is 0.653. The molecule has 3 rings (SSSR count). The molecule has 4 heteroatoms. The topological polar surface area (TPSA) is 55.4 Å². The molecule has 4 nitrogen and oxygen atoms in total. The van der Waals surface area contributed by atoms with Crippen molar-refractivity contribution in [1.29, 1.82) is 0 Å². The molecule has 1 aromatic carbocycles. The first-order chi connectivity index (χ1) is 6.75. The van der Waals surface area contributed by atoms with E-state index in [1.807, 2.05) is 6.07 Å². The van der Waals surface area contributed by atoms with Gasteiger partial charge in [0.2, 0.25) is 0 Å². The molecule has 0 aliphatic carbocycles. The summed E-state index contributed by atoms with van der Waals surface area (Å²) in [7, 11) is 0. The summed E-state index contributed by atoms with van der Waals surface area (Å²) in [5, 5.41) is 2.53. The second kappa shape index (κ2) is 2.35. The first-order valence-electron chi connectivity index (χ1n) is 4.41. The van der Waals surface area contributed by atoms with Crippen LogP contribution in [0.25, 0.3) is 0 Å². The van der Waals surface area contributed by atoms with Crippen LogP contribution in [-0.2, 0) is 11.2 Å². The number of Topliss-reactive ketones (excluding diaryl/α,β-unsaturated/α-hetero) is 1. The standard InChI is InChI=1S/C10H7NO3/c12-9-6-4-8-5(1-2-14-8)3-7(6)11-10(9)13/h3-4H,1-2H2,(H,11,12,13). The average molecular weight is 189 g/mol. The molecule has 1 N–H and O–H groups in total. The molecule has 0 bridgehead atoms. The van der Waals surface area contributed by atoms with Gasteiger partial charge in [0.05, 0.1) is 17.9 Å². The molecule has 0 saturated carbocycles. The van der Waals surface area contributed by atoms with Gasteiger partial charge in [-0.2, -0.15) is 0 Å². The maximum absolute atomic E-state index is 11.3. The minimum Gasteiger partial charge on any atom is -0.493 e. The highest BCUT2D eigenvalue weighted by molar-refractivity contribution is 6.51. The van der Waals surface area contributed by atoms with Crippen LogP contribution < -0.4 is 10.1 Å². The molecule has 0 radical (unpaired) electrons. The van der Waals surface area contributed by atoms with Crippen molar-refractivity contribution in [2.24, 2.45) is 0 Å². The summed E-state index contributed by atoms with van der Waals surface area (Å²) in [5.74, 6) is -0.296. The van der Waals surface area contributed by atoms with E-state index in [-0.39, 0.29) is 0 Å². The molecule has 0 atom stereocenters. The van der Waals surface area contributed by atoms with Crippen LogP contribution in [0.3, 0.4) is 0 Å². The molecule has 0 aromatic heterocycles. The molecular weight excluding hydrogens is 182 g/mol. The van der Waals surface area contributed by atoms with Crippen LogP contribution in [0.1, 0.15) is 15.9 Å². The molecular formula is C10H7NO3. The zero-order valence-corrected chi connectivity index (χ0v) is 7.29. The first-order valence-corrected chi connectivity index (χ1v) is 4.41. The number of ketones is 1. The lowest BCUT2D eigenvalue weighted by molar-refractivity contribution is -0.112. The van der Waals surface area contributed by atoms with Crippen LogP contribution in [0.2, 0.25) is 0 Å². The smallest absolute Gasteiger partial charge is 0.296 e. The van der Waals surface area contributed by atoms with Crippen molar-refractivity contribution < 1.29 is 14.3 Å². The third kappa shape index (κ3) is 0.824. The summed E-state index contributed by atoms with van der Waals surface area (Å²) < 4.78 is 5.32. The van der Waals surface area contributed by atoms with Gasteiger partial charge in [-0.25, -0.2) is 0 Å². The van der Waals surface area contributed by atoms with Gasteiger partial charge < -0.3 is 10.1 Å². The van der Waals surface area contributed by atoms with E-state index < -0.39 is 11.7 Å². The number of amides is 1. The van der Waals surface area contributed by atoms with Crippen LogP contribution in [0, 0.1) is 0 Å². The van der Waals surface area contributed by atoms with E-state index in [1.54, 1.807) is 6.07 Å². The van der Waals surface area contributed by atoms with Gasteiger partial charge in [0.25, 0.3) is 11.7 Å². The summed E-state index contributed by atoms with van der Waals surface area (Å²) >= 11 is 0. The van der Waals surface area contributed by atoms with Gasteiger partial charge in [-0.1, -0.05) is 0 Å². The molecule has 1 amide bonds. The number of nitrogens with one attached hydrogen (secondary N) is 1. The quantitative estimate of drug-likeness (QED) is 0.613. The third-order valence-electron chi connectivity index (χ3n) is 2.53. The van der Waals surface area contributed by atoms with E-state index in [0.29, 0.717) is 17.9 Å². The van der Waals surface area contributed by atoms with E-state index in [0.717, 1.165) is 17.7 Å². The fourth-order valence-corrected chi connectivity index (χ4v) is 1.82. The van der Waals surface area contributed by atoms with Crippen LogP contribution >= 0.6 is 0 Å². The average Bonchev–Trinajstić information content (AvgIpc) is 2.70. The van der Waals surface area contributed by atoms with E-state index in [4.69, 9.17) is 4.74 Å². The Kier molecular flexibility index (Phi) is 1.27. The summed E-state index contributed by atoms with van der Waals surface area (Å²) in [6, 6.07) is 3.47. The number of carbonyl (C=O) groups is 2. The largest absolute Gasteiger partial charge is 0.493 e. The highest BCUT2D eigenvalue weighted by atomic mass is 16.5. The first kappa shape index (κ1) is 7.55. The van der Waals surface area contributed by atoms with E-state index in [2.05, 4.69) is 5.32 Å². The Morgan fingerprint density at radius 2 is 2.14 bits per heavy atom. The Labute approximate surface area is 79.9 Å². The van der Waals surface area contributed by atoms with Crippen molar-refractivity contribution in [3.8, 4) is 5.75 Å². The van der Waals surface area contributed by atoms with Gasteiger partial charge in [0, 0.05) is 6.42 Å². The van der Waals surface area contributed by atoms with Crippen LogP contribution in [0.5, 0.6) is 5.75 Å². The maximum Gasteiger partial charge on any atom is 0.296 e. The third-order valence-corrected chi connectivity index (χ3v) is 2.53. The van der Waals surface area contributed by atoms with Gasteiger partial charge in [0.1, 0.15) is 5.75 Å². The number of carbonyl (C=O) groups excluding carboxylic acids is 2. The summed E-state index contributed by atoms with van der Waals surface area (Å²) in [5.41, 5.74) is 2.10. The van der Waals surface area contributed by atoms with Crippen LogP contribution in [-0.4, -0.2) is 18.3 Å². The predicted octanol–water partition coefficient (Wildman–Crippen LogP) is 0.756. The van der Waals surface area contributed by atoms with Gasteiger partial charge in [-0.05, 0) is 17.7 Å². The Morgan fingerprint density at radius 3 is 3.00 bits per heavy atom. The van der Waals surface area contributed by atoms with Gasteiger partial charge in [-0.15, -0.1) is 0 Å². The van der Waals surface area contributed by atoms with Crippen molar-refractivity contribution in [2.75, 3.05) is 11.9 Å². The van der Waals surface area contributed by atoms with Gasteiger partial charge in [-0.3, -0.25) is 9.59 Å². The van der Waals surface area contributed by atoms with Gasteiger partial charge >= 0.3 is 0 Å². The summed E-state index contributed by atoms with van der Waals surface area (Å²) in [6.07, 6.45) is 0.840. The zero-order chi connectivity index (χ0) is 9.71. The molecule has 0 saturated heterocycles. The molecule has 2 heterocycles. The van der Waals surface area contributed by atoms with E-state index in [9.17, 15) is 9.59 Å².